The van der Waals surface area contributed by atoms with E-state index < -0.39 is 0 Å². The van der Waals surface area contributed by atoms with Crippen molar-refractivity contribution in [3.8, 4) is 0 Å². The van der Waals surface area contributed by atoms with Gasteiger partial charge in [0, 0.05) is 25.5 Å². The van der Waals surface area contributed by atoms with Crippen molar-refractivity contribution in [1.29, 1.82) is 0 Å². The van der Waals surface area contributed by atoms with Gasteiger partial charge in [0.05, 0.1) is 6.54 Å². The molecule has 0 aliphatic carbocycles. The summed E-state index contributed by atoms with van der Waals surface area (Å²) in [7, 11) is 0. The van der Waals surface area contributed by atoms with E-state index >= 15 is 0 Å². The van der Waals surface area contributed by atoms with E-state index in [4.69, 9.17) is 5.73 Å². The Morgan fingerprint density at radius 3 is 2.64 bits per heavy atom. The summed E-state index contributed by atoms with van der Waals surface area (Å²) in [5, 5.41) is 0. The van der Waals surface area contributed by atoms with Crippen molar-refractivity contribution in [1.82, 2.24) is 9.88 Å². The normalized spacial score (nSPS) is 9.86. The number of pyridine rings is 1. The molecule has 4 nitrogen and oxygen atoms in total. The lowest BCUT2D eigenvalue weighted by Crippen LogP contribution is -2.35. The molecule has 0 radical (unpaired) electrons. The molecule has 0 aromatic carbocycles. The Kier molecular flexibility index (Phi) is 4.07. The summed E-state index contributed by atoms with van der Waals surface area (Å²) in [5.41, 5.74) is 6.37. The number of carbonyl (C=O) groups excluding carboxylic acids is 1. The van der Waals surface area contributed by atoms with Gasteiger partial charge in [0.1, 0.15) is 0 Å². The van der Waals surface area contributed by atoms with E-state index in [0.29, 0.717) is 13.1 Å². The number of hydrogen-bond donors (Lipinski definition) is 1. The molecule has 0 saturated carbocycles. The van der Waals surface area contributed by atoms with Crippen LogP contribution in [-0.2, 0) is 11.3 Å². The van der Waals surface area contributed by atoms with Gasteiger partial charge < -0.3 is 10.6 Å². The van der Waals surface area contributed by atoms with Gasteiger partial charge in [-0.15, -0.1) is 0 Å². The molecular weight excluding hydrogens is 178 g/mol. The second-order valence-corrected chi connectivity index (χ2v) is 2.97. The first-order valence-electron chi connectivity index (χ1n) is 4.64. The molecule has 1 amide bonds. The van der Waals surface area contributed by atoms with Crippen molar-refractivity contribution in [3.63, 3.8) is 0 Å². The molecule has 14 heavy (non-hydrogen) atoms. The predicted octanol–water partition coefficient (Wildman–Crippen LogP) is 0.389. The molecule has 1 heterocycles. The van der Waals surface area contributed by atoms with Crippen LogP contribution in [0.5, 0.6) is 0 Å². The molecule has 76 valence electrons. The highest BCUT2D eigenvalue weighted by molar-refractivity contribution is 5.77. The molecule has 1 aromatic rings. The van der Waals surface area contributed by atoms with E-state index in [2.05, 4.69) is 4.98 Å². The first kappa shape index (κ1) is 10.7. The molecular formula is C10H15N3O. The molecule has 0 fully saturated rings. The van der Waals surface area contributed by atoms with Gasteiger partial charge in [-0.1, -0.05) is 0 Å². The standard InChI is InChI=1S/C10H15N3O/c1-2-13(10(14)7-11)8-9-3-5-12-6-4-9/h3-6H,2,7-8,11H2,1H3. The highest BCUT2D eigenvalue weighted by Crippen LogP contribution is 2.02. The minimum absolute atomic E-state index is 0.0238. The maximum absolute atomic E-state index is 11.3. The first-order valence-corrected chi connectivity index (χ1v) is 4.64. The van der Waals surface area contributed by atoms with Gasteiger partial charge in [0.25, 0.3) is 0 Å². The summed E-state index contributed by atoms with van der Waals surface area (Å²) in [5.74, 6) is -0.0238. The zero-order chi connectivity index (χ0) is 10.4. The Hall–Kier alpha value is -1.42. The molecule has 0 bridgehead atoms. The molecule has 1 rings (SSSR count). The molecule has 0 unspecified atom stereocenters. The third-order valence-corrected chi connectivity index (χ3v) is 2.03. The highest BCUT2D eigenvalue weighted by atomic mass is 16.2. The summed E-state index contributed by atoms with van der Waals surface area (Å²) < 4.78 is 0. The van der Waals surface area contributed by atoms with Crippen LogP contribution in [0.4, 0.5) is 0 Å². The van der Waals surface area contributed by atoms with Gasteiger partial charge in [-0.25, -0.2) is 0 Å². The largest absolute Gasteiger partial charge is 0.338 e. The second kappa shape index (κ2) is 5.34. The van der Waals surface area contributed by atoms with Gasteiger partial charge in [-0.3, -0.25) is 9.78 Å². The predicted molar refractivity (Wildman–Crippen MR) is 54.4 cm³/mol. The highest BCUT2D eigenvalue weighted by Gasteiger charge is 2.09. The third-order valence-electron chi connectivity index (χ3n) is 2.03. The number of amides is 1. The van der Waals surface area contributed by atoms with Crippen LogP contribution in [0.25, 0.3) is 0 Å². The second-order valence-electron chi connectivity index (χ2n) is 2.97. The fraction of sp³-hybridized carbons (Fsp3) is 0.400. The van der Waals surface area contributed by atoms with Crippen LogP contribution in [0, 0.1) is 0 Å². The van der Waals surface area contributed by atoms with Crippen LogP contribution in [-0.4, -0.2) is 28.9 Å². The Morgan fingerprint density at radius 1 is 1.50 bits per heavy atom. The zero-order valence-corrected chi connectivity index (χ0v) is 8.31. The molecule has 0 aliphatic rings. The van der Waals surface area contributed by atoms with E-state index in [1.807, 2.05) is 19.1 Å². The summed E-state index contributed by atoms with van der Waals surface area (Å²) in [4.78, 5) is 17.0. The smallest absolute Gasteiger partial charge is 0.236 e. The Bertz CT molecular complexity index is 287. The molecule has 0 spiro atoms. The first-order chi connectivity index (χ1) is 6.77. The van der Waals surface area contributed by atoms with E-state index in [-0.39, 0.29) is 12.5 Å². The summed E-state index contributed by atoms with van der Waals surface area (Å²) >= 11 is 0. The van der Waals surface area contributed by atoms with Gasteiger partial charge in [-0.2, -0.15) is 0 Å². The van der Waals surface area contributed by atoms with Crippen LogP contribution in [0.1, 0.15) is 12.5 Å². The van der Waals surface area contributed by atoms with Crippen molar-refractivity contribution >= 4 is 5.91 Å². The van der Waals surface area contributed by atoms with Crippen LogP contribution in [0.3, 0.4) is 0 Å². The number of hydrogen-bond acceptors (Lipinski definition) is 3. The lowest BCUT2D eigenvalue weighted by Gasteiger charge is -2.19. The molecule has 0 saturated heterocycles. The van der Waals surface area contributed by atoms with E-state index in [1.54, 1.807) is 17.3 Å². The summed E-state index contributed by atoms with van der Waals surface area (Å²) in [6.45, 7) is 3.29. The Labute approximate surface area is 83.7 Å². The number of nitrogens with two attached hydrogens (primary N) is 1. The number of likely N-dealkylation sites (N-methyl/N-ethyl adjacent to an activating group) is 1. The maximum Gasteiger partial charge on any atom is 0.236 e. The van der Waals surface area contributed by atoms with E-state index in [1.165, 1.54) is 0 Å². The molecule has 0 aliphatic heterocycles. The van der Waals surface area contributed by atoms with Crippen molar-refractivity contribution in [3.05, 3.63) is 30.1 Å². The van der Waals surface area contributed by atoms with Crippen LogP contribution in [0.2, 0.25) is 0 Å². The topological polar surface area (TPSA) is 59.2 Å². The lowest BCUT2D eigenvalue weighted by molar-refractivity contribution is -0.130. The molecule has 2 N–H and O–H groups in total. The van der Waals surface area contributed by atoms with Crippen molar-refractivity contribution in [2.75, 3.05) is 13.1 Å². The van der Waals surface area contributed by atoms with Gasteiger partial charge in [-0.05, 0) is 24.6 Å². The minimum Gasteiger partial charge on any atom is -0.338 e. The van der Waals surface area contributed by atoms with Gasteiger partial charge in [0.2, 0.25) is 5.91 Å². The van der Waals surface area contributed by atoms with Crippen molar-refractivity contribution in [2.24, 2.45) is 5.73 Å². The number of aromatic nitrogens is 1. The minimum atomic E-state index is -0.0238. The Balaban J connectivity index is 2.62. The van der Waals surface area contributed by atoms with E-state index in [9.17, 15) is 4.79 Å². The molecule has 0 atom stereocenters. The van der Waals surface area contributed by atoms with Crippen molar-refractivity contribution < 1.29 is 4.79 Å². The summed E-state index contributed by atoms with van der Waals surface area (Å²) in [6, 6.07) is 3.79. The number of nitrogens with zero attached hydrogens (tertiary/aromatic N) is 2. The van der Waals surface area contributed by atoms with Gasteiger partial charge >= 0.3 is 0 Å². The average molecular weight is 193 g/mol. The van der Waals surface area contributed by atoms with Crippen LogP contribution < -0.4 is 5.73 Å². The number of rotatable bonds is 4. The quantitative estimate of drug-likeness (QED) is 0.752. The van der Waals surface area contributed by atoms with Crippen molar-refractivity contribution in [2.45, 2.75) is 13.5 Å². The third kappa shape index (κ3) is 2.81. The number of carbonyl (C=O) groups is 1. The zero-order valence-electron chi connectivity index (χ0n) is 8.31. The average Bonchev–Trinajstić information content (AvgIpc) is 2.26. The van der Waals surface area contributed by atoms with Crippen LogP contribution in [0.15, 0.2) is 24.5 Å². The van der Waals surface area contributed by atoms with Crippen LogP contribution >= 0.6 is 0 Å². The fourth-order valence-corrected chi connectivity index (χ4v) is 1.21. The molecule has 1 aromatic heterocycles. The SMILES string of the molecule is CCN(Cc1ccncc1)C(=O)CN. The monoisotopic (exact) mass is 193 g/mol. The van der Waals surface area contributed by atoms with Gasteiger partial charge in [0.15, 0.2) is 0 Å². The summed E-state index contributed by atoms with van der Waals surface area (Å²) in [6.07, 6.45) is 3.44. The Morgan fingerprint density at radius 2 is 2.14 bits per heavy atom. The fourth-order valence-electron chi connectivity index (χ4n) is 1.21. The van der Waals surface area contributed by atoms with E-state index in [0.717, 1.165) is 5.56 Å². The lowest BCUT2D eigenvalue weighted by atomic mass is 10.2. The maximum atomic E-state index is 11.3. The molecule has 4 heteroatoms.